The first-order chi connectivity index (χ1) is 11.1. The Hall–Kier alpha value is -2.14. The summed E-state index contributed by atoms with van der Waals surface area (Å²) in [5, 5.41) is 12.5. The molecule has 2 N–H and O–H groups in total. The van der Waals surface area contributed by atoms with Crippen LogP contribution in [0.4, 0.5) is 0 Å². The molecule has 1 aromatic carbocycles. The summed E-state index contributed by atoms with van der Waals surface area (Å²) >= 11 is 0. The number of hydrogen-bond donors (Lipinski definition) is 2. The van der Waals surface area contributed by atoms with E-state index in [9.17, 15) is 14.7 Å². The number of benzene rings is 1. The Bertz CT molecular complexity index is 683. The Labute approximate surface area is 134 Å². The Morgan fingerprint density at radius 1 is 1.13 bits per heavy atom. The fourth-order valence-corrected chi connectivity index (χ4v) is 4.09. The van der Waals surface area contributed by atoms with Gasteiger partial charge in [-0.25, -0.2) is 0 Å². The number of ether oxygens (including phenoxy) is 1. The SMILES string of the molecule is O=C(O)[C@@H]1[C@@H](C(=O)N[C@H]2CCCc3ccccc32)[C@@H]2C=C[C@@H]1O2. The minimum atomic E-state index is -0.967. The van der Waals surface area contributed by atoms with Gasteiger partial charge < -0.3 is 15.2 Å². The molecule has 2 bridgehead atoms. The van der Waals surface area contributed by atoms with Crippen LogP contribution in [0.25, 0.3) is 0 Å². The Morgan fingerprint density at radius 3 is 2.65 bits per heavy atom. The molecule has 4 rings (SSSR count). The molecule has 1 amide bonds. The summed E-state index contributed by atoms with van der Waals surface area (Å²) in [6.45, 7) is 0. The van der Waals surface area contributed by atoms with Crippen LogP contribution in [0.1, 0.15) is 30.0 Å². The second-order valence-electron chi connectivity index (χ2n) is 6.49. The van der Waals surface area contributed by atoms with Crippen LogP contribution in [0, 0.1) is 11.8 Å². The van der Waals surface area contributed by atoms with E-state index >= 15 is 0 Å². The zero-order valence-electron chi connectivity index (χ0n) is 12.6. The number of carboxylic acid groups (broad SMARTS) is 1. The van der Waals surface area contributed by atoms with Gasteiger partial charge in [0.05, 0.1) is 24.2 Å². The Balaban J connectivity index is 1.55. The highest BCUT2D eigenvalue weighted by Gasteiger charge is 2.53. The summed E-state index contributed by atoms with van der Waals surface area (Å²) in [5.74, 6) is -2.61. The van der Waals surface area contributed by atoms with Gasteiger partial charge in [0.25, 0.3) is 0 Å². The second-order valence-corrected chi connectivity index (χ2v) is 6.49. The van der Waals surface area contributed by atoms with E-state index < -0.39 is 30.0 Å². The van der Waals surface area contributed by atoms with Crippen molar-refractivity contribution in [2.45, 2.75) is 37.5 Å². The van der Waals surface area contributed by atoms with Crippen molar-refractivity contribution in [3.05, 3.63) is 47.5 Å². The Morgan fingerprint density at radius 2 is 1.87 bits per heavy atom. The molecule has 0 aromatic heterocycles. The smallest absolute Gasteiger partial charge is 0.310 e. The molecule has 5 heteroatoms. The van der Waals surface area contributed by atoms with Crippen molar-refractivity contribution >= 4 is 11.9 Å². The molecule has 0 spiro atoms. The predicted molar refractivity (Wildman–Crippen MR) is 82.7 cm³/mol. The first-order valence-electron chi connectivity index (χ1n) is 8.10. The third-order valence-corrected chi connectivity index (χ3v) is 5.17. The molecule has 5 nitrogen and oxygen atoms in total. The topological polar surface area (TPSA) is 75.6 Å². The quantitative estimate of drug-likeness (QED) is 0.835. The zero-order valence-corrected chi connectivity index (χ0v) is 12.6. The summed E-state index contributed by atoms with van der Waals surface area (Å²) in [5.41, 5.74) is 2.42. The van der Waals surface area contributed by atoms with Crippen LogP contribution in [0.15, 0.2) is 36.4 Å². The number of aryl methyl sites for hydroxylation is 1. The lowest BCUT2D eigenvalue weighted by molar-refractivity contribution is -0.146. The molecule has 2 heterocycles. The van der Waals surface area contributed by atoms with Gasteiger partial charge in [0.1, 0.15) is 5.92 Å². The number of hydrogen-bond acceptors (Lipinski definition) is 3. The van der Waals surface area contributed by atoms with Crippen molar-refractivity contribution in [1.29, 1.82) is 0 Å². The van der Waals surface area contributed by atoms with Gasteiger partial charge in [-0.2, -0.15) is 0 Å². The fraction of sp³-hybridized carbons (Fsp3) is 0.444. The number of rotatable bonds is 3. The van der Waals surface area contributed by atoms with Crippen LogP contribution >= 0.6 is 0 Å². The van der Waals surface area contributed by atoms with E-state index in [4.69, 9.17) is 4.74 Å². The minimum Gasteiger partial charge on any atom is -0.481 e. The minimum absolute atomic E-state index is 0.0370. The van der Waals surface area contributed by atoms with Crippen LogP contribution in [-0.4, -0.2) is 29.2 Å². The molecular formula is C18H19NO4. The van der Waals surface area contributed by atoms with Gasteiger partial charge >= 0.3 is 5.97 Å². The van der Waals surface area contributed by atoms with Crippen LogP contribution in [0.3, 0.4) is 0 Å². The maximum Gasteiger partial charge on any atom is 0.310 e. The average Bonchev–Trinajstić information content (AvgIpc) is 3.16. The van der Waals surface area contributed by atoms with Crippen molar-refractivity contribution in [3.8, 4) is 0 Å². The largest absolute Gasteiger partial charge is 0.481 e. The fourth-order valence-electron chi connectivity index (χ4n) is 4.09. The van der Waals surface area contributed by atoms with Crippen molar-refractivity contribution < 1.29 is 19.4 Å². The Kier molecular flexibility index (Phi) is 3.45. The van der Waals surface area contributed by atoms with Crippen molar-refractivity contribution in [2.75, 3.05) is 0 Å². The molecule has 1 fully saturated rings. The third-order valence-electron chi connectivity index (χ3n) is 5.17. The van der Waals surface area contributed by atoms with E-state index in [0.29, 0.717) is 0 Å². The molecular weight excluding hydrogens is 294 g/mol. The molecule has 1 saturated heterocycles. The molecule has 1 aliphatic carbocycles. The third kappa shape index (κ3) is 2.36. The van der Waals surface area contributed by atoms with Gasteiger partial charge in [-0.1, -0.05) is 36.4 Å². The highest BCUT2D eigenvalue weighted by molar-refractivity contribution is 5.87. The van der Waals surface area contributed by atoms with Crippen LogP contribution in [-0.2, 0) is 20.7 Å². The van der Waals surface area contributed by atoms with Crippen LogP contribution in [0.5, 0.6) is 0 Å². The normalized spacial score (nSPS) is 34.2. The zero-order chi connectivity index (χ0) is 16.0. The van der Waals surface area contributed by atoms with Gasteiger partial charge in [0.15, 0.2) is 0 Å². The van der Waals surface area contributed by atoms with Crippen molar-refractivity contribution in [1.82, 2.24) is 5.32 Å². The molecule has 0 radical (unpaired) electrons. The monoisotopic (exact) mass is 313 g/mol. The van der Waals surface area contributed by atoms with Crippen molar-refractivity contribution in [2.24, 2.45) is 11.8 Å². The number of fused-ring (bicyclic) bond motifs is 3. The molecule has 3 aliphatic rings. The molecule has 5 atom stereocenters. The molecule has 1 aromatic rings. The van der Waals surface area contributed by atoms with Crippen LogP contribution in [0.2, 0.25) is 0 Å². The number of carbonyl (C=O) groups excluding carboxylic acids is 1. The van der Waals surface area contributed by atoms with Gasteiger partial charge in [0.2, 0.25) is 5.91 Å². The lowest BCUT2D eigenvalue weighted by Crippen LogP contribution is -2.44. The maximum atomic E-state index is 12.7. The average molecular weight is 313 g/mol. The highest BCUT2D eigenvalue weighted by atomic mass is 16.5. The lowest BCUT2D eigenvalue weighted by atomic mass is 9.81. The van der Waals surface area contributed by atoms with Crippen molar-refractivity contribution in [3.63, 3.8) is 0 Å². The number of carbonyl (C=O) groups is 2. The summed E-state index contributed by atoms with van der Waals surface area (Å²) in [6.07, 6.45) is 5.61. The van der Waals surface area contributed by atoms with Gasteiger partial charge in [-0.3, -0.25) is 9.59 Å². The number of nitrogens with one attached hydrogen (secondary N) is 1. The predicted octanol–water partition coefficient (Wildman–Crippen LogP) is 1.83. The summed E-state index contributed by atoms with van der Waals surface area (Å²) in [6, 6.07) is 8.10. The van der Waals surface area contributed by atoms with Gasteiger partial charge in [0, 0.05) is 0 Å². The molecule has 0 unspecified atom stereocenters. The van der Waals surface area contributed by atoms with Gasteiger partial charge in [-0.05, 0) is 30.4 Å². The standard InChI is InChI=1S/C18H19NO4/c20-17(15-13-8-9-14(23-13)16(15)18(21)22)19-12-7-3-5-10-4-1-2-6-11(10)12/h1-2,4,6,8-9,12-16H,3,5,7H2,(H,19,20)(H,21,22)/t12-,13-,14-,15-,16-/m0/s1. The highest BCUT2D eigenvalue weighted by Crippen LogP contribution is 2.40. The lowest BCUT2D eigenvalue weighted by Gasteiger charge is -2.29. The van der Waals surface area contributed by atoms with E-state index in [0.717, 1.165) is 24.8 Å². The van der Waals surface area contributed by atoms with E-state index in [-0.39, 0.29) is 11.9 Å². The number of amides is 1. The number of aliphatic carboxylic acids is 1. The first kappa shape index (κ1) is 14.5. The second kappa shape index (κ2) is 5.49. The summed E-state index contributed by atoms with van der Waals surface area (Å²) in [7, 11) is 0. The molecule has 2 aliphatic heterocycles. The summed E-state index contributed by atoms with van der Waals surface area (Å²) in [4.78, 5) is 24.2. The van der Waals surface area contributed by atoms with Crippen LogP contribution < -0.4 is 5.32 Å². The van der Waals surface area contributed by atoms with E-state index in [1.54, 1.807) is 6.08 Å². The van der Waals surface area contributed by atoms with E-state index in [2.05, 4.69) is 11.4 Å². The van der Waals surface area contributed by atoms with E-state index in [1.807, 2.05) is 24.3 Å². The van der Waals surface area contributed by atoms with E-state index in [1.165, 1.54) is 5.56 Å². The first-order valence-corrected chi connectivity index (χ1v) is 8.10. The maximum absolute atomic E-state index is 12.7. The number of carboxylic acids is 1. The summed E-state index contributed by atoms with van der Waals surface area (Å²) < 4.78 is 5.59. The molecule has 0 saturated carbocycles. The molecule has 120 valence electrons. The molecule has 23 heavy (non-hydrogen) atoms. The van der Waals surface area contributed by atoms with Gasteiger partial charge in [-0.15, -0.1) is 0 Å².